The molecule has 0 saturated carbocycles. The summed E-state index contributed by atoms with van der Waals surface area (Å²) in [5, 5.41) is 3.82. The van der Waals surface area contributed by atoms with Gasteiger partial charge in [0, 0.05) is 0 Å². The highest BCUT2D eigenvalue weighted by Crippen LogP contribution is 2.37. The Morgan fingerprint density at radius 3 is 1.77 bits per heavy atom. The van der Waals surface area contributed by atoms with Crippen molar-refractivity contribution in [1.82, 2.24) is 4.72 Å². The summed E-state index contributed by atoms with van der Waals surface area (Å²) in [4.78, 5) is 0. The van der Waals surface area contributed by atoms with E-state index in [0.29, 0.717) is 0 Å². The van der Waals surface area contributed by atoms with Gasteiger partial charge in [0.05, 0.1) is 28.9 Å². The van der Waals surface area contributed by atoms with Crippen LogP contribution >= 0.6 is 7.92 Å². The molecule has 0 unspecified atom stereocenters. The lowest BCUT2D eigenvalue weighted by atomic mass is 9.99. The second-order valence-electron chi connectivity index (χ2n) is 9.27. The van der Waals surface area contributed by atoms with Crippen LogP contribution in [0.3, 0.4) is 0 Å². The van der Waals surface area contributed by atoms with Crippen molar-refractivity contribution < 1.29 is 8.95 Å². The van der Waals surface area contributed by atoms with Crippen LogP contribution in [0.4, 0.5) is 0 Å². The van der Waals surface area contributed by atoms with Crippen molar-refractivity contribution >= 4 is 34.8 Å². The summed E-state index contributed by atoms with van der Waals surface area (Å²) in [7, 11) is -0.407. The molecule has 4 aromatic rings. The van der Waals surface area contributed by atoms with E-state index < -0.39 is 23.7 Å². The number of hydrogen-bond donors (Lipinski definition) is 1. The lowest BCUT2D eigenvalue weighted by molar-refractivity contribution is 0.414. The zero-order valence-electron chi connectivity index (χ0n) is 20.6. The first kappa shape index (κ1) is 25.3. The molecule has 0 saturated heterocycles. The van der Waals surface area contributed by atoms with Gasteiger partial charge in [0.25, 0.3) is 0 Å². The van der Waals surface area contributed by atoms with E-state index in [1.807, 2.05) is 32.9 Å². The quantitative estimate of drug-likeness (QED) is 0.320. The van der Waals surface area contributed by atoms with E-state index in [-0.39, 0.29) is 6.04 Å². The van der Waals surface area contributed by atoms with Gasteiger partial charge in [0.15, 0.2) is 0 Å². The molecule has 35 heavy (non-hydrogen) atoms. The third-order valence-electron chi connectivity index (χ3n) is 5.75. The molecule has 0 spiro atoms. The molecule has 180 valence electrons. The number of benzene rings is 4. The second kappa shape index (κ2) is 11.3. The summed E-state index contributed by atoms with van der Waals surface area (Å²) in [6, 6.07) is 37.7. The highest BCUT2D eigenvalue weighted by molar-refractivity contribution is 7.84. The Bertz CT molecular complexity index is 1220. The fourth-order valence-electron chi connectivity index (χ4n) is 3.91. The van der Waals surface area contributed by atoms with Crippen LogP contribution in [0, 0.1) is 0 Å². The summed E-state index contributed by atoms with van der Waals surface area (Å²) >= 11 is 0. The van der Waals surface area contributed by atoms with E-state index in [1.54, 1.807) is 7.11 Å². The molecule has 0 aliphatic heterocycles. The van der Waals surface area contributed by atoms with Crippen molar-refractivity contribution in [2.45, 2.75) is 31.6 Å². The van der Waals surface area contributed by atoms with Gasteiger partial charge in [-0.15, -0.1) is 0 Å². The Morgan fingerprint density at radius 2 is 1.26 bits per heavy atom. The van der Waals surface area contributed by atoms with Crippen LogP contribution < -0.4 is 25.4 Å². The summed E-state index contributed by atoms with van der Waals surface area (Å²) in [6.07, 6.45) is 0. The van der Waals surface area contributed by atoms with Gasteiger partial charge in [-0.3, -0.25) is 0 Å². The van der Waals surface area contributed by atoms with Crippen LogP contribution in [0.2, 0.25) is 0 Å². The molecule has 0 bridgehead atoms. The average Bonchev–Trinajstić information content (AvgIpc) is 2.88. The van der Waals surface area contributed by atoms with Crippen LogP contribution in [0.5, 0.6) is 5.75 Å². The number of ether oxygens (including phenoxy) is 1. The Balaban J connectivity index is 1.89. The number of hydrogen-bond acceptors (Lipinski definition) is 2. The van der Waals surface area contributed by atoms with Gasteiger partial charge >= 0.3 is 0 Å². The molecule has 0 amide bonds. The van der Waals surface area contributed by atoms with Crippen LogP contribution in [0.15, 0.2) is 109 Å². The monoisotopic (exact) mass is 501 g/mol. The molecule has 1 N–H and O–H groups in total. The largest absolute Gasteiger partial charge is 0.497 e. The van der Waals surface area contributed by atoms with Crippen molar-refractivity contribution in [3.8, 4) is 5.75 Å². The lowest BCUT2D eigenvalue weighted by Gasteiger charge is -2.29. The summed E-state index contributed by atoms with van der Waals surface area (Å²) < 4.78 is 21.8. The Labute approximate surface area is 212 Å². The molecule has 0 heterocycles. The van der Waals surface area contributed by atoms with E-state index in [2.05, 4.69) is 102 Å². The van der Waals surface area contributed by atoms with Gasteiger partial charge in [-0.05, 0) is 67.9 Å². The maximum Gasteiger partial charge on any atom is 0.118 e. The molecular weight excluding hydrogens is 469 g/mol. The summed E-state index contributed by atoms with van der Waals surface area (Å²) in [6.45, 7) is 5.98. The standard InChI is InChI=1S/C30H32NO2PS/c1-30(2,3)35(32)31-29(23-19-21-24(33-4)22-20-23)27-17-11-12-18-28(27)34(25-13-7-5-8-14-25)26-15-9-6-10-16-26/h5-22,29,31H,1-4H3/t29-,35-/m1/s1. The Kier molecular flexibility index (Phi) is 8.18. The maximum atomic E-state index is 13.3. The van der Waals surface area contributed by atoms with Gasteiger partial charge in [-0.25, -0.2) is 8.93 Å². The molecule has 0 radical (unpaired) electrons. The fraction of sp³-hybridized carbons (Fsp3) is 0.200. The predicted octanol–water partition coefficient (Wildman–Crippen LogP) is 5.59. The topological polar surface area (TPSA) is 38.3 Å². The minimum atomic E-state index is -1.26. The Morgan fingerprint density at radius 1 is 0.743 bits per heavy atom. The van der Waals surface area contributed by atoms with Gasteiger partial charge in [0.1, 0.15) is 5.75 Å². The molecule has 0 fully saturated rings. The zero-order chi connectivity index (χ0) is 24.8. The predicted molar refractivity (Wildman–Crippen MR) is 151 cm³/mol. The first-order valence-electron chi connectivity index (χ1n) is 11.7. The average molecular weight is 502 g/mol. The van der Waals surface area contributed by atoms with Crippen LogP contribution in [0.1, 0.15) is 37.9 Å². The number of nitrogens with one attached hydrogen (secondary N) is 1. The smallest absolute Gasteiger partial charge is 0.118 e. The fourth-order valence-corrected chi connectivity index (χ4v) is 7.23. The molecule has 3 nitrogen and oxygen atoms in total. The second-order valence-corrected chi connectivity index (χ2v) is 13.5. The minimum absolute atomic E-state index is 0.241. The van der Waals surface area contributed by atoms with E-state index in [9.17, 15) is 4.21 Å². The molecular formula is C30H32NO2PS. The van der Waals surface area contributed by atoms with Gasteiger partial charge < -0.3 is 4.74 Å². The molecule has 4 rings (SSSR count). The van der Waals surface area contributed by atoms with E-state index >= 15 is 0 Å². The first-order valence-corrected chi connectivity index (χ1v) is 14.2. The normalized spacial score (nSPS) is 13.4. The van der Waals surface area contributed by atoms with Crippen LogP contribution in [-0.2, 0) is 11.0 Å². The molecule has 4 aromatic carbocycles. The highest BCUT2D eigenvalue weighted by Gasteiger charge is 2.28. The van der Waals surface area contributed by atoms with Crippen molar-refractivity contribution in [2.24, 2.45) is 0 Å². The van der Waals surface area contributed by atoms with E-state index in [1.165, 1.54) is 15.9 Å². The Hall–Kier alpha value is -2.78. The molecule has 0 aliphatic rings. The first-order chi connectivity index (χ1) is 16.9. The zero-order valence-corrected chi connectivity index (χ0v) is 22.4. The van der Waals surface area contributed by atoms with Gasteiger partial charge in [-0.2, -0.15) is 0 Å². The van der Waals surface area contributed by atoms with E-state index in [4.69, 9.17) is 4.74 Å². The van der Waals surface area contributed by atoms with E-state index in [0.717, 1.165) is 16.9 Å². The minimum Gasteiger partial charge on any atom is -0.497 e. The maximum absolute atomic E-state index is 13.3. The molecule has 5 heteroatoms. The van der Waals surface area contributed by atoms with Crippen LogP contribution in [-0.4, -0.2) is 16.1 Å². The van der Waals surface area contributed by atoms with Crippen molar-refractivity contribution in [3.63, 3.8) is 0 Å². The van der Waals surface area contributed by atoms with Gasteiger partial charge in [0.2, 0.25) is 0 Å². The number of rotatable bonds is 8. The third-order valence-corrected chi connectivity index (χ3v) is 9.83. The summed E-state index contributed by atoms with van der Waals surface area (Å²) in [5.74, 6) is 0.800. The van der Waals surface area contributed by atoms with Crippen molar-refractivity contribution in [2.75, 3.05) is 7.11 Å². The molecule has 0 aromatic heterocycles. The molecule has 0 aliphatic carbocycles. The van der Waals surface area contributed by atoms with Gasteiger partial charge in [-0.1, -0.05) is 97.1 Å². The lowest BCUT2D eigenvalue weighted by Crippen LogP contribution is -2.38. The summed E-state index contributed by atoms with van der Waals surface area (Å²) in [5.41, 5.74) is 2.18. The van der Waals surface area contributed by atoms with Crippen molar-refractivity contribution in [3.05, 3.63) is 120 Å². The van der Waals surface area contributed by atoms with Crippen molar-refractivity contribution in [1.29, 1.82) is 0 Å². The number of methoxy groups -OCH3 is 1. The SMILES string of the molecule is COc1ccc([C@@H](N[S@](=O)C(C)(C)C)c2ccccc2P(c2ccccc2)c2ccccc2)cc1. The van der Waals surface area contributed by atoms with Crippen LogP contribution in [0.25, 0.3) is 0 Å². The third kappa shape index (κ3) is 6.08. The molecule has 2 atom stereocenters. The highest BCUT2D eigenvalue weighted by atomic mass is 32.2.